The van der Waals surface area contributed by atoms with Gasteiger partial charge < -0.3 is 9.52 Å². The van der Waals surface area contributed by atoms with E-state index in [9.17, 15) is 4.79 Å². The summed E-state index contributed by atoms with van der Waals surface area (Å²) in [4.78, 5) is 10.5. The van der Waals surface area contributed by atoms with Gasteiger partial charge in [0.2, 0.25) is 5.76 Å². The smallest absolute Gasteiger partial charge is 0.372 e. The Morgan fingerprint density at radius 1 is 1.64 bits per heavy atom. The summed E-state index contributed by atoms with van der Waals surface area (Å²) >= 11 is 0. The van der Waals surface area contributed by atoms with E-state index >= 15 is 0 Å². The molecule has 1 heterocycles. The molecule has 0 radical (unpaired) electrons. The van der Waals surface area contributed by atoms with E-state index < -0.39 is 5.97 Å². The molecule has 1 aromatic rings. The zero-order valence-corrected chi connectivity index (χ0v) is 6.50. The van der Waals surface area contributed by atoms with E-state index in [2.05, 4.69) is 0 Å². The Balaban J connectivity index is 3.06. The summed E-state index contributed by atoms with van der Waals surface area (Å²) in [6.07, 6.45) is 1.40. The number of hydrogen-bond donors (Lipinski definition) is 1. The zero-order valence-electron chi connectivity index (χ0n) is 6.50. The van der Waals surface area contributed by atoms with Crippen molar-refractivity contribution in [3.63, 3.8) is 0 Å². The van der Waals surface area contributed by atoms with Gasteiger partial charge in [0.1, 0.15) is 0 Å². The molecule has 0 unspecified atom stereocenters. The van der Waals surface area contributed by atoms with Crippen LogP contribution in [0.1, 0.15) is 35.9 Å². The summed E-state index contributed by atoms with van der Waals surface area (Å²) in [5.41, 5.74) is 0.748. The summed E-state index contributed by atoms with van der Waals surface area (Å²) in [7, 11) is 0. The van der Waals surface area contributed by atoms with Crippen molar-refractivity contribution in [2.24, 2.45) is 0 Å². The van der Waals surface area contributed by atoms with Crippen molar-refractivity contribution in [1.29, 1.82) is 0 Å². The molecule has 1 aromatic heterocycles. The molecule has 0 amide bonds. The van der Waals surface area contributed by atoms with E-state index in [-0.39, 0.29) is 11.7 Å². The molecule has 1 rings (SSSR count). The fraction of sp³-hybridized carbons (Fsp3) is 0.375. The lowest BCUT2D eigenvalue weighted by atomic mass is 10.0. The van der Waals surface area contributed by atoms with Crippen molar-refractivity contribution in [1.82, 2.24) is 0 Å². The molecule has 0 aromatic carbocycles. The Hall–Kier alpha value is -1.25. The Morgan fingerprint density at radius 2 is 2.27 bits per heavy atom. The predicted octanol–water partition coefficient (Wildman–Crippen LogP) is 2.10. The number of furan rings is 1. The van der Waals surface area contributed by atoms with Crippen LogP contribution in [0.25, 0.3) is 0 Å². The first-order valence-electron chi connectivity index (χ1n) is 3.43. The molecular formula is C8H10O3. The number of hydrogen-bond acceptors (Lipinski definition) is 2. The van der Waals surface area contributed by atoms with Crippen molar-refractivity contribution in [3.05, 3.63) is 23.7 Å². The van der Waals surface area contributed by atoms with Gasteiger partial charge in [-0.25, -0.2) is 4.79 Å². The molecule has 1 N–H and O–H groups in total. The van der Waals surface area contributed by atoms with E-state index in [1.807, 2.05) is 13.8 Å². The molecule has 0 spiro atoms. The van der Waals surface area contributed by atoms with Crippen molar-refractivity contribution < 1.29 is 14.3 Å². The van der Waals surface area contributed by atoms with Gasteiger partial charge in [-0.1, -0.05) is 13.8 Å². The Labute approximate surface area is 64.6 Å². The maximum atomic E-state index is 10.5. The van der Waals surface area contributed by atoms with Gasteiger partial charge in [-0.3, -0.25) is 0 Å². The minimum atomic E-state index is -1.00. The molecular weight excluding hydrogens is 144 g/mol. The topological polar surface area (TPSA) is 50.4 Å². The standard InChI is InChI=1S/C8H10O3/c1-5(2)6-3-4-11-7(6)8(9)10/h3-5H,1-2H3,(H,9,10). The van der Waals surface area contributed by atoms with Crippen molar-refractivity contribution in [3.8, 4) is 0 Å². The van der Waals surface area contributed by atoms with Crippen molar-refractivity contribution in [2.75, 3.05) is 0 Å². The Bertz CT molecular complexity index is 260. The van der Waals surface area contributed by atoms with Gasteiger partial charge in [0.25, 0.3) is 0 Å². The van der Waals surface area contributed by atoms with Crippen LogP contribution in [0.2, 0.25) is 0 Å². The van der Waals surface area contributed by atoms with Crippen molar-refractivity contribution >= 4 is 5.97 Å². The van der Waals surface area contributed by atoms with Gasteiger partial charge in [-0.05, 0) is 12.0 Å². The van der Waals surface area contributed by atoms with Crippen LogP contribution in [0.5, 0.6) is 0 Å². The van der Waals surface area contributed by atoms with E-state index in [4.69, 9.17) is 9.52 Å². The normalized spacial score (nSPS) is 10.5. The van der Waals surface area contributed by atoms with Gasteiger partial charge in [-0.2, -0.15) is 0 Å². The minimum absolute atomic E-state index is 0.0556. The van der Waals surface area contributed by atoms with Gasteiger partial charge in [0.05, 0.1) is 6.26 Å². The van der Waals surface area contributed by atoms with Gasteiger partial charge in [0.15, 0.2) is 0 Å². The second-order valence-electron chi connectivity index (χ2n) is 2.66. The predicted molar refractivity (Wildman–Crippen MR) is 39.8 cm³/mol. The molecule has 0 fully saturated rings. The molecule has 0 aliphatic heterocycles. The molecule has 0 aliphatic rings. The lowest BCUT2D eigenvalue weighted by molar-refractivity contribution is 0.0660. The lowest BCUT2D eigenvalue weighted by Crippen LogP contribution is -1.99. The highest BCUT2D eigenvalue weighted by atomic mass is 16.4. The van der Waals surface area contributed by atoms with Crippen LogP contribution in [-0.4, -0.2) is 11.1 Å². The summed E-state index contributed by atoms with van der Waals surface area (Å²) < 4.78 is 4.79. The first kappa shape index (κ1) is 7.85. The fourth-order valence-corrected chi connectivity index (χ4v) is 0.948. The average Bonchev–Trinajstić information content (AvgIpc) is 2.32. The molecule has 0 bridgehead atoms. The summed E-state index contributed by atoms with van der Waals surface area (Å²) in [6.45, 7) is 3.86. The quantitative estimate of drug-likeness (QED) is 0.709. The summed E-state index contributed by atoms with van der Waals surface area (Å²) in [5, 5.41) is 8.61. The molecule has 60 valence electrons. The fourth-order valence-electron chi connectivity index (χ4n) is 0.948. The third-order valence-electron chi connectivity index (χ3n) is 1.51. The second-order valence-corrected chi connectivity index (χ2v) is 2.66. The Morgan fingerprint density at radius 3 is 2.64 bits per heavy atom. The average molecular weight is 154 g/mol. The molecule has 0 aliphatic carbocycles. The zero-order chi connectivity index (χ0) is 8.43. The summed E-state index contributed by atoms with van der Waals surface area (Å²) in [6, 6.07) is 1.69. The number of aromatic carboxylic acids is 1. The molecule has 3 nitrogen and oxygen atoms in total. The third kappa shape index (κ3) is 1.42. The molecule has 0 saturated heterocycles. The maximum absolute atomic E-state index is 10.5. The number of carboxylic acids is 1. The largest absolute Gasteiger partial charge is 0.475 e. The van der Waals surface area contributed by atoms with E-state index in [0.717, 1.165) is 5.56 Å². The monoisotopic (exact) mass is 154 g/mol. The number of rotatable bonds is 2. The molecule has 0 saturated carbocycles. The maximum Gasteiger partial charge on any atom is 0.372 e. The van der Waals surface area contributed by atoms with E-state index in [1.165, 1.54) is 6.26 Å². The Kier molecular flexibility index (Phi) is 1.98. The van der Waals surface area contributed by atoms with Crippen LogP contribution in [0.15, 0.2) is 16.7 Å². The number of carboxylic acid groups (broad SMARTS) is 1. The van der Waals surface area contributed by atoms with E-state index in [1.54, 1.807) is 6.07 Å². The van der Waals surface area contributed by atoms with Crippen LogP contribution < -0.4 is 0 Å². The van der Waals surface area contributed by atoms with E-state index in [0.29, 0.717) is 0 Å². The lowest BCUT2D eigenvalue weighted by Gasteiger charge is -2.00. The highest BCUT2D eigenvalue weighted by molar-refractivity contribution is 5.86. The molecule has 11 heavy (non-hydrogen) atoms. The molecule has 3 heteroatoms. The van der Waals surface area contributed by atoms with Gasteiger partial charge >= 0.3 is 5.97 Å². The van der Waals surface area contributed by atoms with Crippen LogP contribution in [0.3, 0.4) is 0 Å². The first-order valence-corrected chi connectivity index (χ1v) is 3.43. The third-order valence-corrected chi connectivity index (χ3v) is 1.51. The highest BCUT2D eigenvalue weighted by Gasteiger charge is 2.15. The number of carbonyl (C=O) groups is 1. The van der Waals surface area contributed by atoms with Crippen LogP contribution in [0.4, 0.5) is 0 Å². The second kappa shape index (κ2) is 2.78. The van der Waals surface area contributed by atoms with Gasteiger partial charge in [0, 0.05) is 5.56 Å². The molecule has 0 atom stereocenters. The van der Waals surface area contributed by atoms with Crippen molar-refractivity contribution in [2.45, 2.75) is 19.8 Å². The van der Waals surface area contributed by atoms with Crippen LogP contribution >= 0.6 is 0 Å². The SMILES string of the molecule is CC(C)c1ccoc1C(=O)O. The summed E-state index contributed by atoms with van der Waals surface area (Å²) in [5.74, 6) is -0.751. The highest BCUT2D eigenvalue weighted by Crippen LogP contribution is 2.19. The van der Waals surface area contributed by atoms with Gasteiger partial charge in [-0.15, -0.1) is 0 Å². The van der Waals surface area contributed by atoms with Crippen LogP contribution in [0, 0.1) is 0 Å². The van der Waals surface area contributed by atoms with Crippen LogP contribution in [-0.2, 0) is 0 Å². The first-order chi connectivity index (χ1) is 5.13. The minimum Gasteiger partial charge on any atom is -0.475 e.